The first-order valence-corrected chi connectivity index (χ1v) is 4.34. The lowest BCUT2D eigenvalue weighted by molar-refractivity contribution is -0.767. The normalized spacial score (nSPS) is 11.2. The van der Waals surface area contributed by atoms with Crippen LogP contribution >= 0.6 is 0 Å². The Hall–Kier alpha value is -2.78. The Morgan fingerprint density at radius 1 is 1.38 bits per heavy atom. The molecular formula is C6H8N10+2. The minimum Gasteiger partial charge on any atom is -0.379 e. The van der Waals surface area contributed by atoms with Gasteiger partial charge in [-0.25, -0.2) is 5.41 Å². The number of nitrogens with one attached hydrogen (secondary N) is 3. The lowest BCUT2D eigenvalue weighted by atomic mass is 10.5. The number of hydrogen-bond donors (Lipinski definition) is 5. The number of aromatic amines is 2. The number of H-pyrrole nitrogens is 2. The number of nitrogens with zero attached hydrogens (tertiary/aromatic N) is 5. The van der Waals surface area contributed by atoms with E-state index in [2.05, 4.69) is 25.1 Å². The van der Waals surface area contributed by atoms with E-state index in [0.717, 1.165) is 4.91 Å². The van der Waals surface area contributed by atoms with Crippen molar-refractivity contribution in [3.8, 4) is 0 Å². The molecule has 0 aromatic carbocycles. The zero-order valence-corrected chi connectivity index (χ0v) is 7.97. The van der Waals surface area contributed by atoms with Gasteiger partial charge in [0.05, 0.1) is 0 Å². The van der Waals surface area contributed by atoms with Crippen LogP contribution in [0.5, 0.6) is 0 Å². The maximum Gasteiger partial charge on any atom is 0.419 e. The maximum atomic E-state index is 7.42. The predicted molar refractivity (Wildman–Crippen MR) is 49.8 cm³/mol. The minimum atomic E-state index is -0.165. The molecule has 3 aromatic heterocycles. The molecule has 0 spiro atoms. The van der Waals surface area contributed by atoms with Crippen LogP contribution in [0.4, 0.5) is 5.82 Å². The molecule has 0 atom stereocenters. The van der Waals surface area contributed by atoms with Crippen molar-refractivity contribution in [2.24, 2.45) is 0 Å². The molecule has 0 amide bonds. The fourth-order valence-corrected chi connectivity index (χ4v) is 1.49. The third-order valence-electron chi connectivity index (χ3n) is 2.05. The number of nitrogen functional groups attached to an aromatic ring is 2. The van der Waals surface area contributed by atoms with E-state index < -0.39 is 0 Å². The molecule has 0 saturated carbocycles. The Balaban J connectivity index is 2.69. The molecule has 0 aliphatic rings. The monoisotopic (exact) mass is 220 g/mol. The third-order valence-corrected chi connectivity index (χ3v) is 2.05. The van der Waals surface area contributed by atoms with E-state index in [-0.39, 0.29) is 11.4 Å². The summed E-state index contributed by atoms with van der Waals surface area (Å²) in [6.45, 7) is 0. The second-order valence-corrected chi connectivity index (χ2v) is 3.17. The van der Waals surface area contributed by atoms with Crippen molar-refractivity contribution in [3.63, 3.8) is 0 Å². The lowest BCUT2D eigenvalue weighted by Crippen LogP contribution is -2.56. The Kier molecular flexibility index (Phi) is 1.40. The summed E-state index contributed by atoms with van der Waals surface area (Å²) < 4.78 is 1.57. The highest BCUT2D eigenvalue weighted by molar-refractivity contribution is 5.46. The van der Waals surface area contributed by atoms with E-state index in [1.165, 1.54) is 0 Å². The van der Waals surface area contributed by atoms with Crippen LogP contribution in [0.2, 0.25) is 0 Å². The Labute approximate surface area is 87.0 Å². The van der Waals surface area contributed by atoms with Crippen molar-refractivity contribution in [2.75, 3.05) is 11.6 Å². The van der Waals surface area contributed by atoms with E-state index >= 15 is 0 Å². The standard InChI is InChI=1S/C6H7N10/c7-2-1-3-13-16(9)14-6-12-4(8)11-5(10-2)15(3)6/h1H,(H6,7,8,9,10,11,12,13,14)/q+1/p+1. The van der Waals surface area contributed by atoms with Crippen molar-refractivity contribution < 1.29 is 9.31 Å². The van der Waals surface area contributed by atoms with Gasteiger partial charge in [0.1, 0.15) is 5.82 Å². The second-order valence-electron chi connectivity index (χ2n) is 3.17. The van der Waals surface area contributed by atoms with Crippen LogP contribution < -0.4 is 26.5 Å². The van der Waals surface area contributed by atoms with Crippen LogP contribution in [-0.4, -0.2) is 25.1 Å². The molecule has 10 heteroatoms. The summed E-state index contributed by atoms with van der Waals surface area (Å²) in [6, 6.07) is 1.62. The summed E-state index contributed by atoms with van der Waals surface area (Å²) in [4.78, 5) is 11.5. The van der Waals surface area contributed by atoms with Crippen molar-refractivity contribution in [1.29, 1.82) is 5.41 Å². The first kappa shape index (κ1) is 8.52. The van der Waals surface area contributed by atoms with E-state index in [1.807, 2.05) is 0 Å². The van der Waals surface area contributed by atoms with E-state index in [1.54, 1.807) is 10.5 Å². The van der Waals surface area contributed by atoms with Gasteiger partial charge in [-0.3, -0.25) is 4.98 Å². The van der Waals surface area contributed by atoms with Gasteiger partial charge < -0.3 is 5.73 Å². The zero-order valence-electron chi connectivity index (χ0n) is 7.97. The summed E-state index contributed by atoms with van der Waals surface area (Å²) in [5.74, 6) is 6.51. The number of hydrogen-bond acceptors (Lipinski definition) is 6. The maximum absolute atomic E-state index is 7.42. The average molecular weight is 220 g/mol. The largest absolute Gasteiger partial charge is 0.419 e. The van der Waals surface area contributed by atoms with E-state index in [4.69, 9.17) is 17.0 Å². The summed E-state index contributed by atoms with van der Waals surface area (Å²) in [5.41, 5.74) is 6.05. The fourth-order valence-electron chi connectivity index (χ4n) is 1.49. The van der Waals surface area contributed by atoms with Gasteiger partial charge in [0.2, 0.25) is 5.65 Å². The molecule has 16 heavy (non-hydrogen) atoms. The number of anilines is 1. The second kappa shape index (κ2) is 2.62. The molecule has 80 valence electrons. The molecule has 0 fully saturated rings. The summed E-state index contributed by atoms with van der Waals surface area (Å²) in [5, 5.41) is 14.1. The van der Waals surface area contributed by atoms with Gasteiger partial charge in [-0.15, -0.1) is 5.84 Å². The Morgan fingerprint density at radius 3 is 3.00 bits per heavy atom. The van der Waals surface area contributed by atoms with Gasteiger partial charge >= 0.3 is 17.2 Å². The molecule has 3 aromatic rings. The molecule has 0 radical (unpaired) electrons. The molecule has 0 unspecified atom stereocenters. The number of rotatable bonds is 0. The van der Waals surface area contributed by atoms with Crippen molar-refractivity contribution in [3.05, 3.63) is 11.7 Å². The lowest BCUT2D eigenvalue weighted by Gasteiger charge is -1.98. The van der Waals surface area contributed by atoms with Gasteiger partial charge in [-0.2, -0.15) is 4.40 Å². The van der Waals surface area contributed by atoms with Crippen LogP contribution in [0, 0.1) is 5.41 Å². The number of nitrogens with two attached hydrogens (primary N) is 2. The van der Waals surface area contributed by atoms with Crippen LogP contribution in [0.1, 0.15) is 0 Å². The average Bonchev–Trinajstić information content (AvgIpc) is 2.14. The molecular weight excluding hydrogens is 212 g/mol. The van der Waals surface area contributed by atoms with Crippen LogP contribution in [0.3, 0.4) is 0 Å². The predicted octanol–water partition coefficient (Wildman–Crippen LogP) is -3.52. The molecule has 0 bridgehead atoms. The molecule has 3 rings (SSSR count). The highest BCUT2D eigenvalue weighted by Crippen LogP contribution is 1.98. The Morgan fingerprint density at radius 2 is 2.19 bits per heavy atom. The van der Waals surface area contributed by atoms with Gasteiger partial charge in [0.15, 0.2) is 10.0 Å². The minimum absolute atomic E-state index is 0.165. The van der Waals surface area contributed by atoms with Crippen molar-refractivity contribution in [2.45, 2.75) is 0 Å². The van der Waals surface area contributed by atoms with Gasteiger partial charge in [-0.05, 0) is 5.10 Å². The highest BCUT2D eigenvalue weighted by atomic mass is 15.6. The third kappa shape index (κ3) is 1.06. The van der Waals surface area contributed by atoms with Crippen molar-refractivity contribution in [1.82, 2.24) is 25.1 Å². The Bertz CT molecular complexity index is 693. The fraction of sp³-hybridized carbons (Fsp3) is 0. The van der Waals surface area contributed by atoms with Crippen LogP contribution in [0.15, 0.2) is 6.07 Å². The smallest absolute Gasteiger partial charge is 0.379 e. The van der Waals surface area contributed by atoms with Gasteiger partial charge in [0.25, 0.3) is 0 Å². The highest BCUT2D eigenvalue weighted by Gasteiger charge is 2.18. The summed E-state index contributed by atoms with van der Waals surface area (Å²) >= 11 is 0. The van der Waals surface area contributed by atoms with Gasteiger partial charge in [-0.1, -0.05) is 9.97 Å². The van der Waals surface area contributed by atoms with Crippen molar-refractivity contribution >= 4 is 23.0 Å². The van der Waals surface area contributed by atoms with Gasteiger partial charge in [0, 0.05) is 6.07 Å². The van der Waals surface area contributed by atoms with Crippen LogP contribution in [0.25, 0.3) is 17.2 Å². The topological polar surface area (TPSA) is 154 Å². The van der Waals surface area contributed by atoms with Crippen LogP contribution in [-0.2, 0) is 0 Å². The molecule has 0 saturated heterocycles. The van der Waals surface area contributed by atoms with E-state index in [9.17, 15) is 0 Å². The molecule has 3 heterocycles. The first-order chi connectivity index (χ1) is 7.63. The quantitative estimate of drug-likeness (QED) is 0.196. The summed E-state index contributed by atoms with van der Waals surface area (Å²) in [7, 11) is 0. The van der Waals surface area contributed by atoms with E-state index in [0.29, 0.717) is 17.2 Å². The first-order valence-electron chi connectivity index (χ1n) is 4.34. The molecule has 0 aliphatic heterocycles. The number of aromatic nitrogens is 7. The summed E-state index contributed by atoms with van der Waals surface area (Å²) in [6.07, 6.45) is 0. The molecule has 10 nitrogen and oxygen atoms in total. The molecule has 7 N–H and O–H groups in total. The molecule has 0 aliphatic carbocycles. The SMILES string of the molecule is N=c1nc2n[n+](N)[nH]c3cc(N)[nH]c(n1)[n+]23. The zero-order chi connectivity index (χ0) is 11.3.